The lowest BCUT2D eigenvalue weighted by molar-refractivity contribution is -0.135. The number of nitrogens with one attached hydrogen (secondary N) is 1. The van der Waals surface area contributed by atoms with Crippen LogP contribution in [0.3, 0.4) is 0 Å². The van der Waals surface area contributed by atoms with Crippen molar-refractivity contribution in [3.8, 4) is 0 Å². The first kappa shape index (κ1) is 15.2. The van der Waals surface area contributed by atoms with Crippen molar-refractivity contribution in [2.24, 2.45) is 5.92 Å². The maximum Gasteiger partial charge on any atom is 0.251 e. The fraction of sp³-hybridized carbons (Fsp3) is 0.438. The second kappa shape index (κ2) is 6.52. The Balaban J connectivity index is 1.91. The van der Waals surface area contributed by atoms with E-state index in [1.54, 1.807) is 17.0 Å². The van der Waals surface area contributed by atoms with E-state index >= 15 is 0 Å². The standard InChI is InChI=1S/C16H20N2O3/c1-11(19)15-8-13(10-18(15)12(2)20)9-17-16(21)14-6-4-3-5-7-14/h3-7,13,15H,8-10H2,1-2H3,(H,17,21)/t13-,15?/m0/s1. The van der Waals surface area contributed by atoms with Crippen molar-refractivity contribution < 1.29 is 14.4 Å². The molecule has 21 heavy (non-hydrogen) atoms. The summed E-state index contributed by atoms with van der Waals surface area (Å²) in [5.41, 5.74) is 0.613. The second-order valence-electron chi connectivity index (χ2n) is 5.48. The predicted molar refractivity (Wildman–Crippen MR) is 78.7 cm³/mol. The van der Waals surface area contributed by atoms with Crippen LogP contribution in [-0.2, 0) is 9.59 Å². The fourth-order valence-corrected chi connectivity index (χ4v) is 2.73. The molecule has 5 nitrogen and oxygen atoms in total. The zero-order valence-corrected chi connectivity index (χ0v) is 12.3. The van der Waals surface area contributed by atoms with E-state index in [0.29, 0.717) is 25.1 Å². The summed E-state index contributed by atoms with van der Waals surface area (Å²) >= 11 is 0. The first-order valence-electron chi connectivity index (χ1n) is 7.10. The molecule has 1 N–H and O–H groups in total. The molecular formula is C16H20N2O3. The van der Waals surface area contributed by atoms with Gasteiger partial charge < -0.3 is 10.2 Å². The lowest BCUT2D eigenvalue weighted by atomic mass is 10.0. The number of amides is 2. The van der Waals surface area contributed by atoms with Crippen molar-refractivity contribution in [3.63, 3.8) is 0 Å². The molecule has 112 valence electrons. The maximum atomic E-state index is 12.0. The van der Waals surface area contributed by atoms with E-state index < -0.39 is 0 Å². The van der Waals surface area contributed by atoms with Crippen LogP contribution in [0.4, 0.5) is 0 Å². The van der Waals surface area contributed by atoms with Gasteiger partial charge in [0.2, 0.25) is 5.91 Å². The summed E-state index contributed by atoms with van der Waals surface area (Å²) in [4.78, 5) is 36.7. The molecule has 1 aromatic rings. The number of carbonyl (C=O) groups is 3. The molecule has 1 unspecified atom stereocenters. The molecule has 2 rings (SSSR count). The van der Waals surface area contributed by atoms with Gasteiger partial charge in [-0.15, -0.1) is 0 Å². The monoisotopic (exact) mass is 288 g/mol. The van der Waals surface area contributed by atoms with E-state index in [4.69, 9.17) is 0 Å². The van der Waals surface area contributed by atoms with E-state index in [9.17, 15) is 14.4 Å². The van der Waals surface area contributed by atoms with Crippen molar-refractivity contribution in [1.29, 1.82) is 0 Å². The molecule has 1 aliphatic heterocycles. The number of Topliss-reactive ketones (excluding diaryl/α,β-unsaturated/α-hetero) is 1. The maximum absolute atomic E-state index is 12.0. The number of benzene rings is 1. The molecule has 0 aliphatic carbocycles. The summed E-state index contributed by atoms with van der Waals surface area (Å²) in [6.45, 7) is 3.97. The molecule has 1 aliphatic rings. The van der Waals surface area contributed by atoms with E-state index in [0.717, 1.165) is 0 Å². The number of likely N-dealkylation sites (tertiary alicyclic amines) is 1. The highest BCUT2D eigenvalue weighted by Gasteiger charge is 2.36. The fourth-order valence-electron chi connectivity index (χ4n) is 2.73. The number of hydrogen-bond acceptors (Lipinski definition) is 3. The molecule has 1 fully saturated rings. The summed E-state index contributed by atoms with van der Waals surface area (Å²) in [7, 11) is 0. The van der Waals surface area contributed by atoms with Crippen LogP contribution in [-0.4, -0.2) is 41.6 Å². The normalized spacial score (nSPS) is 21.1. The van der Waals surface area contributed by atoms with Crippen LogP contribution in [0.5, 0.6) is 0 Å². The molecule has 2 amide bonds. The molecule has 0 saturated carbocycles. The Morgan fingerprint density at radius 2 is 1.86 bits per heavy atom. The minimum absolute atomic E-state index is 0.00193. The first-order chi connectivity index (χ1) is 9.99. The molecule has 0 bridgehead atoms. The summed E-state index contributed by atoms with van der Waals surface area (Å²) in [6, 6.07) is 8.65. The zero-order chi connectivity index (χ0) is 15.4. The third-order valence-electron chi connectivity index (χ3n) is 3.85. The Kier molecular flexibility index (Phi) is 4.73. The number of nitrogens with zero attached hydrogens (tertiary/aromatic N) is 1. The van der Waals surface area contributed by atoms with Crippen molar-refractivity contribution in [2.45, 2.75) is 26.3 Å². The minimum Gasteiger partial charge on any atom is -0.352 e. The van der Waals surface area contributed by atoms with Gasteiger partial charge in [-0.1, -0.05) is 18.2 Å². The largest absolute Gasteiger partial charge is 0.352 e. The molecule has 0 aromatic heterocycles. The second-order valence-corrected chi connectivity index (χ2v) is 5.48. The molecule has 1 heterocycles. The number of rotatable bonds is 4. The highest BCUT2D eigenvalue weighted by Crippen LogP contribution is 2.23. The quantitative estimate of drug-likeness (QED) is 0.906. The van der Waals surface area contributed by atoms with Crippen molar-refractivity contribution in [3.05, 3.63) is 35.9 Å². The zero-order valence-electron chi connectivity index (χ0n) is 12.3. The van der Waals surface area contributed by atoms with Crippen LogP contribution in [0.25, 0.3) is 0 Å². The van der Waals surface area contributed by atoms with Gasteiger partial charge in [-0.2, -0.15) is 0 Å². The van der Waals surface area contributed by atoms with E-state index in [1.165, 1.54) is 13.8 Å². The smallest absolute Gasteiger partial charge is 0.251 e. The Bertz CT molecular complexity index is 520. The summed E-state index contributed by atoms with van der Waals surface area (Å²) in [6.07, 6.45) is 0.615. The van der Waals surface area contributed by atoms with Crippen molar-refractivity contribution >= 4 is 17.6 Å². The minimum atomic E-state index is -0.346. The van der Waals surface area contributed by atoms with Crippen LogP contribution < -0.4 is 5.32 Å². The molecule has 5 heteroatoms. The number of carbonyl (C=O) groups excluding carboxylic acids is 3. The Labute approximate surface area is 124 Å². The van der Waals surface area contributed by atoms with Gasteiger partial charge in [0, 0.05) is 25.6 Å². The number of ketones is 1. The van der Waals surface area contributed by atoms with Crippen molar-refractivity contribution in [1.82, 2.24) is 10.2 Å². The van der Waals surface area contributed by atoms with Gasteiger partial charge in [-0.3, -0.25) is 14.4 Å². The van der Waals surface area contributed by atoms with Gasteiger partial charge in [0.1, 0.15) is 0 Å². The molecule has 1 saturated heterocycles. The summed E-state index contributed by atoms with van der Waals surface area (Å²) in [5, 5.41) is 2.87. The van der Waals surface area contributed by atoms with E-state index in [-0.39, 0.29) is 29.6 Å². The van der Waals surface area contributed by atoms with Crippen LogP contribution in [0.2, 0.25) is 0 Å². The third-order valence-corrected chi connectivity index (χ3v) is 3.85. The summed E-state index contributed by atoms with van der Waals surface area (Å²) < 4.78 is 0. The van der Waals surface area contributed by atoms with E-state index in [2.05, 4.69) is 5.32 Å². The van der Waals surface area contributed by atoms with Gasteiger partial charge in [0.25, 0.3) is 5.91 Å². The van der Waals surface area contributed by atoms with Crippen LogP contribution in [0.15, 0.2) is 30.3 Å². The molecule has 0 spiro atoms. The average molecular weight is 288 g/mol. The average Bonchev–Trinajstić information content (AvgIpc) is 2.90. The Morgan fingerprint density at radius 1 is 1.19 bits per heavy atom. The van der Waals surface area contributed by atoms with Gasteiger partial charge >= 0.3 is 0 Å². The van der Waals surface area contributed by atoms with E-state index in [1.807, 2.05) is 18.2 Å². The van der Waals surface area contributed by atoms with Crippen LogP contribution in [0.1, 0.15) is 30.6 Å². The SMILES string of the molecule is CC(=O)C1C[C@@H](CNC(=O)c2ccccc2)CN1C(C)=O. The van der Waals surface area contributed by atoms with Gasteiger partial charge in [-0.05, 0) is 31.4 Å². The van der Waals surface area contributed by atoms with Gasteiger partial charge in [-0.25, -0.2) is 0 Å². The van der Waals surface area contributed by atoms with Crippen molar-refractivity contribution in [2.75, 3.05) is 13.1 Å². The Morgan fingerprint density at radius 3 is 2.38 bits per heavy atom. The molecule has 0 radical (unpaired) electrons. The van der Waals surface area contributed by atoms with Crippen LogP contribution in [0, 0.1) is 5.92 Å². The Hall–Kier alpha value is -2.17. The van der Waals surface area contributed by atoms with Crippen LogP contribution >= 0.6 is 0 Å². The topological polar surface area (TPSA) is 66.5 Å². The molecule has 1 aromatic carbocycles. The van der Waals surface area contributed by atoms with Gasteiger partial charge in [0.15, 0.2) is 5.78 Å². The highest BCUT2D eigenvalue weighted by atomic mass is 16.2. The lowest BCUT2D eigenvalue weighted by Crippen LogP contribution is -2.38. The molecular weight excluding hydrogens is 268 g/mol. The summed E-state index contributed by atoms with van der Waals surface area (Å²) in [5.74, 6) is -0.0964. The number of hydrogen-bond donors (Lipinski definition) is 1. The first-order valence-corrected chi connectivity index (χ1v) is 7.10. The molecule has 2 atom stereocenters. The predicted octanol–water partition coefficient (Wildman–Crippen LogP) is 1.24. The van der Waals surface area contributed by atoms with Gasteiger partial charge in [0.05, 0.1) is 6.04 Å². The third kappa shape index (κ3) is 3.68. The lowest BCUT2D eigenvalue weighted by Gasteiger charge is -2.20. The highest BCUT2D eigenvalue weighted by molar-refractivity contribution is 5.94.